The van der Waals surface area contributed by atoms with E-state index in [1.54, 1.807) is 6.92 Å². The smallest absolute Gasteiger partial charge is 0.253 e. The largest absolute Gasteiger partial charge is 0.364 e. The van der Waals surface area contributed by atoms with Gasteiger partial charge in [0.15, 0.2) is 0 Å². The van der Waals surface area contributed by atoms with Gasteiger partial charge >= 0.3 is 0 Å². The second-order valence-electron chi connectivity index (χ2n) is 6.99. The van der Waals surface area contributed by atoms with E-state index in [4.69, 9.17) is 9.72 Å². The number of benzene rings is 3. The van der Waals surface area contributed by atoms with Crippen molar-refractivity contribution in [1.82, 2.24) is 9.55 Å². The van der Waals surface area contributed by atoms with E-state index in [2.05, 4.69) is 16.0 Å². The third-order valence-electron chi connectivity index (χ3n) is 4.91. The first kappa shape index (κ1) is 18.9. The minimum Gasteiger partial charge on any atom is -0.364 e. The van der Waals surface area contributed by atoms with Crippen LogP contribution < -0.4 is 5.32 Å². The van der Waals surface area contributed by atoms with E-state index in [1.807, 2.05) is 79.8 Å². The number of amides is 1. The summed E-state index contributed by atoms with van der Waals surface area (Å²) in [4.78, 5) is 17.1. The number of hydrogen-bond donors (Lipinski definition) is 1. The zero-order chi connectivity index (χ0) is 20.2. The van der Waals surface area contributed by atoms with Gasteiger partial charge in [-0.15, -0.1) is 0 Å². The van der Waals surface area contributed by atoms with Crippen LogP contribution in [0.3, 0.4) is 0 Å². The first-order chi connectivity index (χ1) is 14.1. The van der Waals surface area contributed by atoms with E-state index in [-0.39, 0.29) is 5.91 Å². The van der Waals surface area contributed by atoms with E-state index < -0.39 is 6.10 Å². The summed E-state index contributed by atoms with van der Waals surface area (Å²) >= 11 is 0. The van der Waals surface area contributed by atoms with Gasteiger partial charge in [-0.3, -0.25) is 4.79 Å². The van der Waals surface area contributed by atoms with Gasteiger partial charge in [0.1, 0.15) is 11.9 Å². The second kappa shape index (κ2) is 8.29. The molecule has 0 saturated heterocycles. The molecule has 0 saturated carbocycles. The maximum atomic E-state index is 12.4. The standard InChI is InChI=1S/C24H23N3O2/c1-17(29-16-18-8-4-3-5-9-18)24(28)25-20-14-12-19(13-15-20)23-26-21-10-6-7-11-22(21)27(23)2/h3-15,17H,16H2,1-2H3,(H,25,28). The molecule has 5 nitrogen and oxygen atoms in total. The molecule has 4 aromatic rings. The number of nitrogens with zero attached hydrogens (tertiary/aromatic N) is 2. The van der Waals surface area contributed by atoms with Gasteiger partial charge in [-0.1, -0.05) is 42.5 Å². The van der Waals surface area contributed by atoms with E-state index in [9.17, 15) is 4.79 Å². The van der Waals surface area contributed by atoms with Gasteiger partial charge in [-0.25, -0.2) is 4.98 Å². The average Bonchev–Trinajstić information content (AvgIpc) is 3.10. The van der Waals surface area contributed by atoms with Crippen molar-refractivity contribution in [2.24, 2.45) is 7.05 Å². The van der Waals surface area contributed by atoms with E-state index in [0.29, 0.717) is 6.61 Å². The topological polar surface area (TPSA) is 56.1 Å². The zero-order valence-corrected chi connectivity index (χ0v) is 16.5. The van der Waals surface area contributed by atoms with E-state index in [1.165, 1.54) is 0 Å². The monoisotopic (exact) mass is 385 g/mol. The molecule has 0 aliphatic carbocycles. The molecule has 0 spiro atoms. The fourth-order valence-corrected chi connectivity index (χ4v) is 3.22. The van der Waals surface area contributed by atoms with Gasteiger partial charge in [-0.05, 0) is 48.9 Å². The highest BCUT2D eigenvalue weighted by molar-refractivity contribution is 5.94. The molecule has 1 unspecified atom stereocenters. The number of nitrogens with one attached hydrogen (secondary N) is 1. The number of para-hydroxylation sites is 2. The summed E-state index contributed by atoms with van der Waals surface area (Å²) in [5.41, 5.74) is 4.82. The molecule has 1 atom stereocenters. The SMILES string of the molecule is CC(OCc1ccccc1)C(=O)Nc1ccc(-c2nc3ccccc3n2C)cc1. The summed E-state index contributed by atoms with van der Waals surface area (Å²) in [5, 5.41) is 2.91. The molecule has 1 N–H and O–H groups in total. The summed E-state index contributed by atoms with van der Waals surface area (Å²) in [5.74, 6) is 0.722. The summed E-state index contributed by atoms with van der Waals surface area (Å²) in [7, 11) is 2.01. The summed E-state index contributed by atoms with van der Waals surface area (Å²) in [6, 6.07) is 25.6. The van der Waals surface area contributed by atoms with Crippen LogP contribution in [0.2, 0.25) is 0 Å². The zero-order valence-electron chi connectivity index (χ0n) is 16.5. The minimum absolute atomic E-state index is 0.170. The molecule has 1 aromatic heterocycles. The molecule has 0 bridgehead atoms. The fraction of sp³-hybridized carbons (Fsp3) is 0.167. The predicted molar refractivity (Wildman–Crippen MR) is 115 cm³/mol. The van der Waals surface area contributed by atoms with Crippen LogP contribution in [0.5, 0.6) is 0 Å². The van der Waals surface area contributed by atoms with E-state index >= 15 is 0 Å². The quantitative estimate of drug-likeness (QED) is 0.519. The molecule has 0 radical (unpaired) electrons. The third-order valence-corrected chi connectivity index (χ3v) is 4.91. The molecule has 0 aliphatic rings. The van der Waals surface area contributed by atoms with Gasteiger partial charge in [0, 0.05) is 18.3 Å². The summed E-state index contributed by atoms with van der Waals surface area (Å²) in [6.45, 7) is 2.16. The number of hydrogen-bond acceptors (Lipinski definition) is 3. The van der Waals surface area contributed by atoms with Crippen LogP contribution in [0.15, 0.2) is 78.9 Å². The highest BCUT2D eigenvalue weighted by atomic mass is 16.5. The number of carbonyl (C=O) groups is 1. The van der Waals surface area contributed by atoms with Crippen molar-refractivity contribution in [2.75, 3.05) is 5.32 Å². The highest BCUT2D eigenvalue weighted by Crippen LogP contribution is 2.24. The van der Waals surface area contributed by atoms with Crippen molar-refractivity contribution in [3.05, 3.63) is 84.4 Å². The van der Waals surface area contributed by atoms with Crippen LogP contribution in [0.4, 0.5) is 5.69 Å². The number of aryl methyl sites for hydroxylation is 1. The van der Waals surface area contributed by atoms with Crippen LogP contribution in [0, 0.1) is 0 Å². The number of ether oxygens (including phenoxy) is 1. The molecule has 1 heterocycles. The van der Waals surface area contributed by atoms with Crippen molar-refractivity contribution in [3.63, 3.8) is 0 Å². The number of anilines is 1. The Bertz CT molecular complexity index is 1120. The Morgan fingerprint density at radius 1 is 1.00 bits per heavy atom. The van der Waals surface area contributed by atoms with Crippen LogP contribution in [-0.4, -0.2) is 21.6 Å². The summed E-state index contributed by atoms with van der Waals surface area (Å²) in [6.07, 6.45) is -0.547. The Kier molecular flexibility index (Phi) is 5.40. The van der Waals surface area contributed by atoms with E-state index in [0.717, 1.165) is 33.7 Å². The van der Waals surface area contributed by atoms with Crippen LogP contribution >= 0.6 is 0 Å². The lowest BCUT2D eigenvalue weighted by atomic mass is 10.2. The Hall–Kier alpha value is -3.44. The summed E-state index contributed by atoms with van der Waals surface area (Å²) < 4.78 is 7.75. The highest BCUT2D eigenvalue weighted by Gasteiger charge is 2.14. The van der Waals surface area contributed by atoms with Gasteiger partial charge in [-0.2, -0.15) is 0 Å². The molecule has 4 rings (SSSR count). The Morgan fingerprint density at radius 3 is 2.41 bits per heavy atom. The third kappa shape index (κ3) is 4.20. The van der Waals surface area contributed by atoms with Crippen LogP contribution in [-0.2, 0) is 23.2 Å². The Morgan fingerprint density at radius 2 is 1.69 bits per heavy atom. The van der Waals surface area contributed by atoms with Crippen LogP contribution in [0.25, 0.3) is 22.4 Å². The van der Waals surface area contributed by atoms with Crippen molar-refractivity contribution in [3.8, 4) is 11.4 Å². The maximum absolute atomic E-state index is 12.4. The second-order valence-corrected chi connectivity index (χ2v) is 6.99. The molecule has 5 heteroatoms. The van der Waals surface area contributed by atoms with Gasteiger partial charge in [0.25, 0.3) is 5.91 Å². The van der Waals surface area contributed by atoms with Crippen LogP contribution in [0.1, 0.15) is 12.5 Å². The van der Waals surface area contributed by atoms with Gasteiger partial charge < -0.3 is 14.6 Å². The molecule has 1 amide bonds. The predicted octanol–water partition coefficient (Wildman–Crippen LogP) is 4.78. The van der Waals surface area contributed by atoms with Crippen molar-refractivity contribution in [1.29, 1.82) is 0 Å². The number of imidazole rings is 1. The lowest BCUT2D eigenvalue weighted by Gasteiger charge is -2.14. The maximum Gasteiger partial charge on any atom is 0.253 e. The Labute approximate surface area is 170 Å². The van der Waals surface area contributed by atoms with Gasteiger partial charge in [0.2, 0.25) is 0 Å². The molecule has 29 heavy (non-hydrogen) atoms. The molecule has 146 valence electrons. The molecular formula is C24H23N3O2. The average molecular weight is 385 g/mol. The number of aromatic nitrogens is 2. The van der Waals surface area contributed by atoms with Crippen molar-refractivity contribution < 1.29 is 9.53 Å². The lowest BCUT2D eigenvalue weighted by Crippen LogP contribution is -2.27. The fourth-order valence-electron chi connectivity index (χ4n) is 3.22. The number of rotatable bonds is 6. The first-order valence-electron chi connectivity index (χ1n) is 9.60. The normalized spacial score (nSPS) is 12.1. The minimum atomic E-state index is -0.547. The van der Waals surface area contributed by atoms with Crippen molar-refractivity contribution >= 4 is 22.6 Å². The number of fused-ring (bicyclic) bond motifs is 1. The lowest BCUT2D eigenvalue weighted by molar-refractivity contribution is -0.127. The Balaban J connectivity index is 1.41. The number of carbonyl (C=O) groups excluding carboxylic acids is 1. The first-order valence-corrected chi connectivity index (χ1v) is 9.60. The molecular weight excluding hydrogens is 362 g/mol. The van der Waals surface area contributed by atoms with Gasteiger partial charge in [0.05, 0.1) is 17.6 Å². The molecule has 3 aromatic carbocycles. The van der Waals surface area contributed by atoms with Crippen molar-refractivity contribution in [2.45, 2.75) is 19.6 Å². The molecule has 0 aliphatic heterocycles. The molecule has 0 fully saturated rings.